The Hall–Kier alpha value is -4.65. The SMILES string of the molecule is C=Cc1c(-c2ccccc2)c(-c2ccc(F)cc2)n(CCC(O)CC(O)CC(=O)NCCC(O)CC(O)CC=O)c1C(C)C.CNc1ccccc1.CO. The van der Waals surface area contributed by atoms with Crippen molar-refractivity contribution in [2.45, 2.75) is 89.3 Å². The second kappa shape index (κ2) is 24.6. The Morgan fingerprint density at radius 3 is 1.93 bits per heavy atom. The first-order chi connectivity index (χ1) is 26.0. The minimum Gasteiger partial charge on any atom is -0.400 e. The molecule has 4 atom stereocenters. The van der Waals surface area contributed by atoms with Crippen LogP contribution in [0, 0.1) is 5.82 Å². The highest BCUT2D eigenvalue weighted by atomic mass is 19.1. The average Bonchev–Trinajstić information content (AvgIpc) is 3.50. The number of aliphatic hydroxyl groups excluding tert-OH is 5. The van der Waals surface area contributed by atoms with E-state index in [0.29, 0.717) is 19.3 Å². The zero-order chi connectivity index (χ0) is 40.0. The van der Waals surface area contributed by atoms with E-state index in [-0.39, 0.29) is 50.4 Å². The molecule has 10 nitrogen and oxygen atoms in total. The fraction of sp³-hybridized carbons (Fsp3) is 0.395. The van der Waals surface area contributed by atoms with Crippen molar-refractivity contribution >= 4 is 24.0 Å². The van der Waals surface area contributed by atoms with Crippen molar-refractivity contribution in [2.24, 2.45) is 0 Å². The van der Waals surface area contributed by atoms with E-state index in [1.807, 2.05) is 73.8 Å². The fourth-order valence-corrected chi connectivity index (χ4v) is 6.22. The molecule has 0 fully saturated rings. The van der Waals surface area contributed by atoms with Crippen molar-refractivity contribution in [1.82, 2.24) is 9.88 Å². The minimum atomic E-state index is -1.07. The molecule has 11 heteroatoms. The van der Waals surface area contributed by atoms with Gasteiger partial charge in [-0.05, 0) is 79.1 Å². The van der Waals surface area contributed by atoms with Gasteiger partial charge in [-0.25, -0.2) is 4.39 Å². The number of carbonyl (C=O) groups is 2. The molecule has 1 aromatic heterocycles. The number of aromatic nitrogens is 1. The third-order valence-corrected chi connectivity index (χ3v) is 8.70. The third kappa shape index (κ3) is 14.6. The molecule has 0 saturated heterocycles. The summed E-state index contributed by atoms with van der Waals surface area (Å²) in [6.07, 6.45) is -1.06. The normalized spacial score (nSPS) is 12.9. The van der Waals surface area contributed by atoms with Gasteiger partial charge in [0.1, 0.15) is 12.1 Å². The number of aldehydes is 1. The van der Waals surface area contributed by atoms with E-state index in [0.717, 1.165) is 46.4 Å². The summed E-state index contributed by atoms with van der Waals surface area (Å²) in [6, 6.07) is 26.3. The summed E-state index contributed by atoms with van der Waals surface area (Å²) in [7, 11) is 2.91. The molecule has 0 aliphatic rings. The molecule has 4 unspecified atom stereocenters. The molecule has 0 radical (unpaired) electrons. The zero-order valence-electron chi connectivity index (χ0n) is 31.9. The summed E-state index contributed by atoms with van der Waals surface area (Å²) >= 11 is 0. The van der Waals surface area contributed by atoms with Crippen LogP contribution < -0.4 is 10.6 Å². The van der Waals surface area contributed by atoms with Gasteiger partial charge in [-0.15, -0.1) is 0 Å². The molecule has 0 aliphatic carbocycles. The largest absolute Gasteiger partial charge is 0.400 e. The lowest BCUT2D eigenvalue weighted by atomic mass is 9.95. The number of anilines is 1. The molecule has 4 aromatic rings. The van der Waals surface area contributed by atoms with Crippen LogP contribution in [0.2, 0.25) is 0 Å². The first kappa shape index (κ1) is 45.5. The summed E-state index contributed by atoms with van der Waals surface area (Å²) in [5.41, 5.74) is 6.86. The smallest absolute Gasteiger partial charge is 0.222 e. The van der Waals surface area contributed by atoms with Crippen molar-refractivity contribution in [3.63, 3.8) is 0 Å². The van der Waals surface area contributed by atoms with Crippen LogP contribution in [0.25, 0.3) is 28.5 Å². The monoisotopic (exact) mass is 747 g/mol. The van der Waals surface area contributed by atoms with Gasteiger partial charge in [0.15, 0.2) is 0 Å². The summed E-state index contributed by atoms with van der Waals surface area (Å²) in [5.74, 6) is -0.642. The van der Waals surface area contributed by atoms with E-state index in [9.17, 15) is 34.4 Å². The number of hydrogen-bond donors (Lipinski definition) is 7. The Balaban J connectivity index is 0.000000879. The van der Waals surface area contributed by atoms with Gasteiger partial charge in [0.05, 0.1) is 36.5 Å². The molecule has 0 aliphatic heterocycles. The molecular weight excluding hydrogens is 689 g/mol. The van der Waals surface area contributed by atoms with Crippen molar-refractivity contribution in [2.75, 3.05) is 26.0 Å². The Bertz CT molecular complexity index is 1660. The summed E-state index contributed by atoms with van der Waals surface area (Å²) in [6.45, 7) is 8.85. The molecule has 1 amide bonds. The number of para-hydroxylation sites is 1. The predicted molar refractivity (Wildman–Crippen MR) is 214 cm³/mol. The average molecular weight is 748 g/mol. The molecule has 3 aromatic carbocycles. The van der Waals surface area contributed by atoms with Crippen LogP contribution in [-0.4, -0.2) is 87.4 Å². The quantitative estimate of drug-likeness (QED) is 0.0561. The highest BCUT2D eigenvalue weighted by Gasteiger charge is 2.26. The van der Waals surface area contributed by atoms with Gasteiger partial charge in [-0.2, -0.15) is 0 Å². The van der Waals surface area contributed by atoms with Gasteiger partial charge in [0, 0.05) is 56.2 Å². The van der Waals surface area contributed by atoms with Crippen LogP contribution in [-0.2, 0) is 16.1 Å². The summed E-state index contributed by atoms with van der Waals surface area (Å²) < 4.78 is 16.1. The maximum atomic E-state index is 13.9. The molecule has 0 spiro atoms. The Labute approximate surface area is 319 Å². The second-order valence-electron chi connectivity index (χ2n) is 13.1. The minimum absolute atomic E-state index is 0.00203. The van der Waals surface area contributed by atoms with Gasteiger partial charge in [0.2, 0.25) is 5.91 Å². The number of aliphatic hydroxyl groups is 5. The molecule has 4 rings (SSSR count). The van der Waals surface area contributed by atoms with Crippen LogP contribution in [0.15, 0.2) is 91.5 Å². The lowest BCUT2D eigenvalue weighted by molar-refractivity contribution is -0.123. The van der Waals surface area contributed by atoms with Crippen LogP contribution in [0.5, 0.6) is 0 Å². The molecular formula is C43H58FN3O7. The van der Waals surface area contributed by atoms with E-state index in [2.05, 4.69) is 35.6 Å². The second-order valence-corrected chi connectivity index (χ2v) is 13.1. The summed E-state index contributed by atoms with van der Waals surface area (Å²) in [5, 5.41) is 53.6. The third-order valence-electron chi connectivity index (χ3n) is 8.70. The van der Waals surface area contributed by atoms with E-state index < -0.39 is 30.3 Å². The van der Waals surface area contributed by atoms with E-state index in [1.165, 1.54) is 12.1 Å². The molecule has 0 bridgehead atoms. The van der Waals surface area contributed by atoms with Crippen LogP contribution in [0.1, 0.15) is 69.5 Å². The molecule has 54 heavy (non-hydrogen) atoms. The van der Waals surface area contributed by atoms with Gasteiger partial charge in [-0.3, -0.25) is 4.79 Å². The Morgan fingerprint density at radius 1 is 0.815 bits per heavy atom. The highest BCUT2D eigenvalue weighted by molar-refractivity contribution is 5.90. The fourth-order valence-electron chi connectivity index (χ4n) is 6.22. The van der Waals surface area contributed by atoms with Gasteiger partial charge < -0.3 is 45.5 Å². The lowest BCUT2D eigenvalue weighted by Crippen LogP contribution is -2.32. The number of rotatable bonds is 19. The van der Waals surface area contributed by atoms with E-state index in [1.54, 1.807) is 12.1 Å². The predicted octanol–water partition coefficient (Wildman–Crippen LogP) is 6.16. The number of nitrogens with one attached hydrogen (secondary N) is 2. The van der Waals surface area contributed by atoms with E-state index in [4.69, 9.17) is 5.11 Å². The first-order valence-corrected chi connectivity index (χ1v) is 18.3. The standard InChI is InChI=1S/C35H45FN2O6.C7H9N.CH4O/c1-4-31-33(24-8-6-5-7-9-24)35(25-10-12-26(36)13-11-25)38(34(31)23(2)3)18-15-28(41)21-30(43)22-32(44)37-17-14-27(40)20-29(42)16-19-39;1-8-7-5-3-2-4-6-7;1-2/h4-13,19,23,27-30,40-43H,1,14-18,20-22H2,2-3H3,(H,37,44);2-6,8H,1H3;2H,1H3. The maximum Gasteiger partial charge on any atom is 0.222 e. The number of benzene rings is 3. The van der Waals surface area contributed by atoms with Gasteiger partial charge >= 0.3 is 0 Å². The first-order valence-electron chi connectivity index (χ1n) is 18.3. The van der Waals surface area contributed by atoms with Crippen LogP contribution in [0.4, 0.5) is 10.1 Å². The molecule has 7 N–H and O–H groups in total. The number of hydrogen-bond acceptors (Lipinski definition) is 8. The summed E-state index contributed by atoms with van der Waals surface area (Å²) in [4.78, 5) is 22.7. The van der Waals surface area contributed by atoms with Gasteiger partial charge in [0.25, 0.3) is 0 Å². The number of amides is 1. The number of carbonyl (C=O) groups excluding carboxylic acids is 2. The van der Waals surface area contributed by atoms with E-state index >= 15 is 0 Å². The molecule has 294 valence electrons. The van der Waals surface area contributed by atoms with Crippen molar-refractivity contribution in [1.29, 1.82) is 0 Å². The Kier molecular flexibility index (Phi) is 20.8. The van der Waals surface area contributed by atoms with Crippen LogP contribution >= 0.6 is 0 Å². The van der Waals surface area contributed by atoms with Crippen molar-refractivity contribution < 1.29 is 39.5 Å². The van der Waals surface area contributed by atoms with Crippen LogP contribution in [0.3, 0.4) is 0 Å². The number of halogens is 1. The molecule has 0 saturated carbocycles. The maximum absolute atomic E-state index is 13.9. The zero-order valence-corrected chi connectivity index (χ0v) is 31.9. The lowest BCUT2D eigenvalue weighted by Gasteiger charge is -2.20. The van der Waals surface area contributed by atoms with Crippen molar-refractivity contribution in [3.05, 3.63) is 109 Å². The Morgan fingerprint density at radius 2 is 1.39 bits per heavy atom. The molecule has 1 heterocycles. The topological polar surface area (TPSA) is 164 Å². The van der Waals surface area contributed by atoms with Crippen molar-refractivity contribution in [3.8, 4) is 22.4 Å². The van der Waals surface area contributed by atoms with Gasteiger partial charge in [-0.1, -0.05) is 75.0 Å². The number of nitrogens with zero attached hydrogens (tertiary/aromatic N) is 1. The highest BCUT2D eigenvalue weighted by Crippen LogP contribution is 2.42.